The number of anilines is 1. The van der Waals surface area contributed by atoms with Crippen molar-refractivity contribution in [1.29, 1.82) is 0 Å². The molecule has 2 aromatic carbocycles. The van der Waals surface area contributed by atoms with Gasteiger partial charge in [0.05, 0.1) is 17.6 Å². The fourth-order valence-electron chi connectivity index (χ4n) is 2.54. The van der Waals surface area contributed by atoms with E-state index in [9.17, 15) is 13.2 Å². The maximum Gasteiger partial charge on any atom is 0.337 e. The second kappa shape index (κ2) is 7.20. The van der Waals surface area contributed by atoms with Crippen LogP contribution in [0, 0.1) is 13.8 Å². The van der Waals surface area contributed by atoms with Crippen molar-refractivity contribution in [3.05, 3.63) is 59.4 Å². The van der Waals surface area contributed by atoms with E-state index in [1.54, 1.807) is 44.2 Å². The van der Waals surface area contributed by atoms with Crippen LogP contribution >= 0.6 is 0 Å². The zero-order valence-electron chi connectivity index (χ0n) is 15.0. The van der Waals surface area contributed by atoms with E-state index in [1.807, 2.05) is 0 Å². The topological polar surface area (TPSA) is 114 Å². The summed E-state index contributed by atoms with van der Waals surface area (Å²) in [6.45, 7) is 3.43. The molecule has 140 valence electrons. The number of rotatable bonds is 5. The predicted octanol–water partition coefficient (Wildman–Crippen LogP) is 2.68. The number of H-pyrrole nitrogens is 1. The number of nitrogens with zero attached hydrogens (tertiary/aromatic N) is 2. The van der Waals surface area contributed by atoms with Gasteiger partial charge in [0.15, 0.2) is 5.82 Å². The third-order valence-electron chi connectivity index (χ3n) is 3.87. The summed E-state index contributed by atoms with van der Waals surface area (Å²) in [5.41, 5.74) is 1.70. The van der Waals surface area contributed by atoms with Gasteiger partial charge in [-0.1, -0.05) is 18.2 Å². The Morgan fingerprint density at radius 2 is 1.93 bits per heavy atom. The number of hydrogen-bond acceptors (Lipinski definition) is 6. The molecule has 0 aliphatic rings. The maximum absolute atomic E-state index is 12.8. The average Bonchev–Trinajstić information content (AvgIpc) is 3.07. The number of aromatic nitrogens is 3. The normalized spacial score (nSPS) is 11.2. The van der Waals surface area contributed by atoms with Crippen LogP contribution in [0.2, 0.25) is 0 Å². The SMILES string of the molecule is COC(=O)c1ccc(C)c(S(=O)(=O)Nc2cccc(-c3n[nH]c(C)n3)c2)c1. The number of aromatic amines is 1. The number of carbonyl (C=O) groups excluding carboxylic acids is 1. The van der Waals surface area contributed by atoms with Crippen LogP contribution in [0.15, 0.2) is 47.4 Å². The van der Waals surface area contributed by atoms with Crippen LogP contribution in [-0.4, -0.2) is 36.7 Å². The molecule has 0 radical (unpaired) electrons. The summed E-state index contributed by atoms with van der Waals surface area (Å²) >= 11 is 0. The molecule has 0 aliphatic carbocycles. The number of carbonyl (C=O) groups is 1. The lowest BCUT2D eigenvalue weighted by atomic mass is 10.1. The fourth-order valence-corrected chi connectivity index (χ4v) is 3.86. The van der Waals surface area contributed by atoms with Crippen LogP contribution in [-0.2, 0) is 14.8 Å². The molecule has 0 fully saturated rings. The molecule has 0 saturated carbocycles. The van der Waals surface area contributed by atoms with Crippen LogP contribution in [0.3, 0.4) is 0 Å². The summed E-state index contributed by atoms with van der Waals surface area (Å²) in [5, 5.41) is 6.82. The first-order valence-corrected chi connectivity index (χ1v) is 9.50. The molecule has 8 nitrogen and oxygen atoms in total. The van der Waals surface area contributed by atoms with E-state index in [0.29, 0.717) is 28.5 Å². The second-order valence-electron chi connectivity index (χ2n) is 5.90. The minimum absolute atomic E-state index is 0.00421. The van der Waals surface area contributed by atoms with Gasteiger partial charge in [-0.25, -0.2) is 18.2 Å². The first-order valence-electron chi connectivity index (χ1n) is 8.01. The molecule has 0 bridgehead atoms. The molecule has 3 rings (SSSR count). The minimum atomic E-state index is -3.91. The molecule has 9 heteroatoms. The van der Waals surface area contributed by atoms with Gasteiger partial charge in [0.25, 0.3) is 10.0 Å². The van der Waals surface area contributed by atoms with Crippen LogP contribution in [0.25, 0.3) is 11.4 Å². The van der Waals surface area contributed by atoms with E-state index in [2.05, 4.69) is 24.6 Å². The highest BCUT2D eigenvalue weighted by Crippen LogP contribution is 2.24. The smallest absolute Gasteiger partial charge is 0.337 e. The van der Waals surface area contributed by atoms with Gasteiger partial charge in [0.2, 0.25) is 0 Å². The first kappa shape index (κ1) is 18.6. The standard InChI is InChI=1S/C18H18N4O4S/c1-11-7-8-14(18(23)26-3)10-16(11)27(24,25)22-15-6-4-5-13(9-15)17-19-12(2)20-21-17/h4-10,22H,1-3H3,(H,19,20,21). The molecule has 1 aromatic heterocycles. The molecule has 2 N–H and O–H groups in total. The Balaban J connectivity index is 1.94. The van der Waals surface area contributed by atoms with Gasteiger partial charge in [-0.2, -0.15) is 5.10 Å². The fraction of sp³-hybridized carbons (Fsp3) is 0.167. The number of benzene rings is 2. The molecule has 0 amide bonds. The van der Waals surface area contributed by atoms with E-state index in [0.717, 1.165) is 0 Å². The van der Waals surface area contributed by atoms with Crippen molar-refractivity contribution in [3.8, 4) is 11.4 Å². The zero-order chi connectivity index (χ0) is 19.6. The molecule has 0 aliphatic heterocycles. The third kappa shape index (κ3) is 3.98. The van der Waals surface area contributed by atoms with Crippen molar-refractivity contribution in [2.75, 3.05) is 11.8 Å². The number of ether oxygens (including phenoxy) is 1. The largest absolute Gasteiger partial charge is 0.465 e. The van der Waals surface area contributed by atoms with Crippen LogP contribution < -0.4 is 4.72 Å². The summed E-state index contributed by atoms with van der Waals surface area (Å²) in [4.78, 5) is 16.0. The van der Waals surface area contributed by atoms with Gasteiger partial charge < -0.3 is 4.74 Å². The Morgan fingerprint density at radius 3 is 2.59 bits per heavy atom. The number of aryl methyl sites for hydroxylation is 2. The van der Waals surface area contributed by atoms with E-state index in [1.165, 1.54) is 19.2 Å². The quantitative estimate of drug-likeness (QED) is 0.652. The lowest BCUT2D eigenvalue weighted by Gasteiger charge is -2.12. The van der Waals surface area contributed by atoms with Gasteiger partial charge in [-0.3, -0.25) is 9.82 Å². The van der Waals surface area contributed by atoms with E-state index in [4.69, 9.17) is 0 Å². The number of hydrogen-bond donors (Lipinski definition) is 2. The van der Waals surface area contributed by atoms with Crippen molar-refractivity contribution < 1.29 is 17.9 Å². The molecular weight excluding hydrogens is 368 g/mol. The summed E-state index contributed by atoms with van der Waals surface area (Å²) in [5.74, 6) is 0.525. The van der Waals surface area contributed by atoms with Crippen molar-refractivity contribution in [1.82, 2.24) is 15.2 Å². The van der Waals surface area contributed by atoms with Crippen LogP contribution in [0.1, 0.15) is 21.7 Å². The second-order valence-corrected chi connectivity index (χ2v) is 7.55. The summed E-state index contributed by atoms with van der Waals surface area (Å²) < 4.78 is 32.9. The minimum Gasteiger partial charge on any atom is -0.465 e. The monoisotopic (exact) mass is 386 g/mol. The highest BCUT2D eigenvalue weighted by Gasteiger charge is 2.20. The molecule has 0 spiro atoms. The van der Waals surface area contributed by atoms with Crippen molar-refractivity contribution in [2.24, 2.45) is 0 Å². The van der Waals surface area contributed by atoms with Gasteiger partial charge in [-0.05, 0) is 43.7 Å². The lowest BCUT2D eigenvalue weighted by molar-refractivity contribution is 0.0600. The van der Waals surface area contributed by atoms with Crippen LogP contribution in [0.5, 0.6) is 0 Å². The third-order valence-corrected chi connectivity index (χ3v) is 5.39. The summed E-state index contributed by atoms with van der Waals surface area (Å²) in [6.07, 6.45) is 0. The van der Waals surface area contributed by atoms with Gasteiger partial charge in [0, 0.05) is 11.3 Å². The molecular formula is C18H18N4O4S. The zero-order valence-corrected chi connectivity index (χ0v) is 15.8. The maximum atomic E-state index is 12.8. The van der Waals surface area contributed by atoms with Crippen LogP contribution in [0.4, 0.5) is 5.69 Å². The first-order chi connectivity index (χ1) is 12.8. The number of esters is 1. The number of nitrogens with one attached hydrogen (secondary N) is 2. The lowest BCUT2D eigenvalue weighted by Crippen LogP contribution is -2.15. The van der Waals surface area contributed by atoms with Crippen molar-refractivity contribution in [2.45, 2.75) is 18.7 Å². The Hall–Kier alpha value is -3.20. The Morgan fingerprint density at radius 1 is 1.15 bits per heavy atom. The Labute approximate surface area is 156 Å². The van der Waals surface area contributed by atoms with E-state index >= 15 is 0 Å². The van der Waals surface area contributed by atoms with Crippen molar-refractivity contribution in [3.63, 3.8) is 0 Å². The Bertz CT molecular complexity index is 1110. The Kier molecular flexibility index (Phi) is 4.95. The van der Waals surface area contributed by atoms with Crippen molar-refractivity contribution >= 4 is 21.7 Å². The van der Waals surface area contributed by atoms with E-state index in [-0.39, 0.29) is 10.5 Å². The average molecular weight is 386 g/mol. The molecule has 3 aromatic rings. The predicted molar refractivity (Wildman–Crippen MR) is 99.9 cm³/mol. The molecule has 0 saturated heterocycles. The molecule has 27 heavy (non-hydrogen) atoms. The highest BCUT2D eigenvalue weighted by molar-refractivity contribution is 7.92. The molecule has 1 heterocycles. The summed E-state index contributed by atoms with van der Waals surface area (Å²) in [6, 6.07) is 11.1. The molecule has 0 unspecified atom stereocenters. The van der Waals surface area contributed by atoms with E-state index < -0.39 is 16.0 Å². The van der Waals surface area contributed by atoms with Gasteiger partial charge >= 0.3 is 5.97 Å². The summed E-state index contributed by atoms with van der Waals surface area (Å²) in [7, 11) is -2.67. The number of methoxy groups -OCH3 is 1. The molecule has 0 atom stereocenters. The van der Waals surface area contributed by atoms with Gasteiger partial charge in [0.1, 0.15) is 5.82 Å². The number of sulfonamides is 1. The van der Waals surface area contributed by atoms with Gasteiger partial charge in [-0.15, -0.1) is 0 Å². The highest BCUT2D eigenvalue weighted by atomic mass is 32.2.